The van der Waals surface area contributed by atoms with E-state index in [0.29, 0.717) is 0 Å². The maximum absolute atomic E-state index is 3.52. The Morgan fingerprint density at radius 1 is 1.12 bits per heavy atom. The zero-order valence-electron chi connectivity index (χ0n) is 10.7. The highest BCUT2D eigenvalue weighted by atomic mass is 14.8. The summed E-state index contributed by atoms with van der Waals surface area (Å²) < 4.78 is 0. The lowest BCUT2D eigenvalue weighted by molar-refractivity contribution is 0.486. The highest BCUT2D eigenvalue weighted by Crippen LogP contribution is 2.04. The van der Waals surface area contributed by atoms with E-state index in [1.807, 2.05) is 0 Å². The molecule has 1 aromatic rings. The van der Waals surface area contributed by atoms with Gasteiger partial charge >= 0.3 is 0 Å². The van der Waals surface area contributed by atoms with E-state index in [4.69, 9.17) is 0 Å². The number of nitrogens with one attached hydrogen (secondary N) is 1. The molecule has 0 aliphatic heterocycles. The van der Waals surface area contributed by atoms with Crippen molar-refractivity contribution < 1.29 is 0 Å². The fraction of sp³-hybridized carbons (Fsp3) is 0.600. The summed E-state index contributed by atoms with van der Waals surface area (Å²) in [6.07, 6.45) is 5.04. The third-order valence-corrected chi connectivity index (χ3v) is 3.17. The van der Waals surface area contributed by atoms with Gasteiger partial charge in [-0.3, -0.25) is 0 Å². The number of rotatable bonds is 8. The van der Waals surface area contributed by atoms with Crippen LogP contribution >= 0.6 is 0 Å². The van der Waals surface area contributed by atoms with Gasteiger partial charge in [0.05, 0.1) is 0 Å². The van der Waals surface area contributed by atoms with Crippen LogP contribution in [-0.4, -0.2) is 13.1 Å². The molecule has 0 radical (unpaired) electrons. The van der Waals surface area contributed by atoms with Gasteiger partial charge in [0.25, 0.3) is 0 Å². The topological polar surface area (TPSA) is 12.0 Å². The molecule has 0 heterocycles. The Balaban J connectivity index is 1.96. The SMILES string of the molecule is CCC(C)CCNCCCc1ccccc1. The van der Waals surface area contributed by atoms with Crippen molar-refractivity contribution in [3.8, 4) is 0 Å². The van der Waals surface area contributed by atoms with Crippen LogP contribution in [0.4, 0.5) is 0 Å². The first-order chi connectivity index (χ1) is 7.83. The molecule has 0 fully saturated rings. The van der Waals surface area contributed by atoms with Crippen molar-refractivity contribution in [3.63, 3.8) is 0 Å². The summed E-state index contributed by atoms with van der Waals surface area (Å²) in [7, 11) is 0. The highest BCUT2D eigenvalue weighted by molar-refractivity contribution is 5.14. The number of hydrogen-bond donors (Lipinski definition) is 1. The zero-order valence-corrected chi connectivity index (χ0v) is 10.7. The van der Waals surface area contributed by atoms with Gasteiger partial charge < -0.3 is 5.32 Å². The molecule has 0 spiro atoms. The van der Waals surface area contributed by atoms with Gasteiger partial charge in [0.1, 0.15) is 0 Å². The van der Waals surface area contributed by atoms with E-state index in [2.05, 4.69) is 49.5 Å². The zero-order chi connectivity index (χ0) is 11.6. The average Bonchev–Trinajstić information content (AvgIpc) is 2.34. The van der Waals surface area contributed by atoms with E-state index in [-0.39, 0.29) is 0 Å². The summed E-state index contributed by atoms with van der Waals surface area (Å²) in [4.78, 5) is 0. The Morgan fingerprint density at radius 3 is 2.56 bits per heavy atom. The molecule has 0 amide bonds. The summed E-state index contributed by atoms with van der Waals surface area (Å²) in [6.45, 7) is 6.90. The maximum Gasteiger partial charge on any atom is -0.00457 e. The van der Waals surface area contributed by atoms with E-state index in [1.54, 1.807) is 0 Å². The number of hydrogen-bond acceptors (Lipinski definition) is 1. The van der Waals surface area contributed by atoms with E-state index in [1.165, 1.54) is 37.8 Å². The molecule has 0 saturated carbocycles. The molecule has 0 aliphatic rings. The molecule has 1 heteroatoms. The van der Waals surface area contributed by atoms with Crippen molar-refractivity contribution in [1.82, 2.24) is 5.32 Å². The van der Waals surface area contributed by atoms with Crippen LogP contribution in [0.3, 0.4) is 0 Å². The van der Waals surface area contributed by atoms with Gasteiger partial charge in [-0.05, 0) is 43.8 Å². The smallest absolute Gasteiger partial charge is 0.00457 e. The molecular weight excluding hydrogens is 194 g/mol. The molecule has 0 saturated heterocycles. The minimum Gasteiger partial charge on any atom is -0.317 e. The second-order valence-electron chi connectivity index (χ2n) is 4.64. The Hall–Kier alpha value is -0.820. The van der Waals surface area contributed by atoms with Crippen molar-refractivity contribution in [2.75, 3.05) is 13.1 Å². The fourth-order valence-corrected chi connectivity index (χ4v) is 1.74. The van der Waals surface area contributed by atoms with Gasteiger partial charge in [-0.2, -0.15) is 0 Å². The van der Waals surface area contributed by atoms with Crippen LogP contribution in [0.1, 0.15) is 38.7 Å². The van der Waals surface area contributed by atoms with Crippen LogP contribution in [0, 0.1) is 5.92 Å². The molecule has 90 valence electrons. The molecule has 0 aromatic heterocycles. The van der Waals surface area contributed by atoms with E-state index < -0.39 is 0 Å². The van der Waals surface area contributed by atoms with Crippen molar-refractivity contribution in [2.24, 2.45) is 5.92 Å². The molecule has 0 bridgehead atoms. The standard InChI is InChI=1S/C15H25N/c1-3-14(2)11-13-16-12-7-10-15-8-5-4-6-9-15/h4-6,8-9,14,16H,3,7,10-13H2,1-2H3. The first-order valence-electron chi connectivity index (χ1n) is 6.57. The Labute approximate surface area is 100 Å². The van der Waals surface area contributed by atoms with Crippen LogP contribution in [-0.2, 0) is 6.42 Å². The molecular formula is C15H25N. The summed E-state index contributed by atoms with van der Waals surface area (Å²) in [6, 6.07) is 10.7. The Morgan fingerprint density at radius 2 is 1.88 bits per heavy atom. The monoisotopic (exact) mass is 219 g/mol. The minimum absolute atomic E-state index is 0.863. The van der Waals surface area contributed by atoms with Crippen LogP contribution in [0.2, 0.25) is 0 Å². The average molecular weight is 219 g/mol. The minimum atomic E-state index is 0.863. The van der Waals surface area contributed by atoms with Crippen LogP contribution in [0.25, 0.3) is 0 Å². The van der Waals surface area contributed by atoms with E-state index >= 15 is 0 Å². The molecule has 1 atom stereocenters. The van der Waals surface area contributed by atoms with Crippen molar-refractivity contribution >= 4 is 0 Å². The van der Waals surface area contributed by atoms with Crippen molar-refractivity contribution in [3.05, 3.63) is 35.9 Å². The van der Waals surface area contributed by atoms with Gasteiger partial charge in [0, 0.05) is 0 Å². The Kier molecular flexibility index (Phi) is 6.91. The molecule has 0 aliphatic carbocycles. The fourth-order valence-electron chi connectivity index (χ4n) is 1.74. The second kappa shape index (κ2) is 8.35. The molecule has 1 unspecified atom stereocenters. The maximum atomic E-state index is 3.52. The lowest BCUT2D eigenvalue weighted by Crippen LogP contribution is -2.19. The van der Waals surface area contributed by atoms with Gasteiger partial charge in [0.2, 0.25) is 0 Å². The van der Waals surface area contributed by atoms with Crippen LogP contribution in [0.15, 0.2) is 30.3 Å². The molecule has 16 heavy (non-hydrogen) atoms. The van der Waals surface area contributed by atoms with Crippen molar-refractivity contribution in [1.29, 1.82) is 0 Å². The summed E-state index contributed by atoms with van der Waals surface area (Å²) in [5, 5.41) is 3.52. The van der Waals surface area contributed by atoms with E-state index in [0.717, 1.165) is 12.5 Å². The summed E-state index contributed by atoms with van der Waals surface area (Å²) in [5.74, 6) is 0.863. The van der Waals surface area contributed by atoms with Gasteiger partial charge in [0.15, 0.2) is 0 Å². The molecule has 1 N–H and O–H groups in total. The third kappa shape index (κ3) is 5.92. The predicted octanol–water partition coefficient (Wildman–Crippen LogP) is 3.65. The lowest BCUT2D eigenvalue weighted by atomic mass is 10.1. The highest BCUT2D eigenvalue weighted by Gasteiger charge is 1.97. The van der Waals surface area contributed by atoms with Crippen LogP contribution < -0.4 is 5.32 Å². The predicted molar refractivity (Wildman–Crippen MR) is 71.7 cm³/mol. The molecule has 1 aromatic carbocycles. The number of benzene rings is 1. The van der Waals surface area contributed by atoms with Gasteiger partial charge in [-0.15, -0.1) is 0 Å². The van der Waals surface area contributed by atoms with Gasteiger partial charge in [-0.1, -0.05) is 50.6 Å². The molecule has 1 rings (SSSR count). The normalized spacial score (nSPS) is 12.6. The number of aryl methyl sites for hydroxylation is 1. The quantitative estimate of drug-likeness (QED) is 0.658. The summed E-state index contributed by atoms with van der Waals surface area (Å²) in [5.41, 5.74) is 1.45. The lowest BCUT2D eigenvalue weighted by Gasteiger charge is -2.09. The van der Waals surface area contributed by atoms with Crippen LogP contribution in [0.5, 0.6) is 0 Å². The van der Waals surface area contributed by atoms with E-state index in [9.17, 15) is 0 Å². The Bertz CT molecular complexity index is 255. The first kappa shape index (κ1) is 13.2. The summed E-state index contributed by atoms with van der Waals surface area (Å²) >= 11 is 0. The second-order valence-corrected chi connectivity index (χ2v) is 4.64. The van der Waals surface area contributed by atoms with Crippen molar-refractivity contribution in [2.45, 2.75) is 39.5 Å². The molecule has 1 nitrogen and oxygen atoms in total. The third-order valence-electron chi connectivity index (χ3n) is 3.17. The largest absolute Gasteiger partial charge is 0.317 e. The first-order valence-corrected chi connectivity index (χ1v) is 6.57. The van der Waals surface area contributed by atoms with Gasteiger partial charge in [-0.25, -0.2) is 0 Å².